The zero-order chi connectivity index (χ0) is 15.2. The Balaban J connectivity index is 1.61. The Morgan fingerprint density at radius 2 is 2.23 bits per heavy atom. The minimum absolute atomic E-state index is 0.117. The van der Waals surface area contributed by atoms with Crippen molar-refractivity contribution < 1.29 is 9.53 Å². The van der Waals surface area contributed by atoms with E-state index in [9.17, 15) is 4.79 Å². The Morgan fingerprint density at radius 1 is 1.41 bits per heavy atom. The molecular weight excluding hydrogens is 298 g/mol. The third-order valence-electron chi connectivity index (χ3n) is 4.17. The molecule has 1 unspecified atom stereocenters. The summed E-state index contributed by atoms with van der Waals surface area (Å²) in [5.74, 6) is 0.145. The quantitative estimate of drug-likeness (QED) is 0.806. The van der Waals surface area contributed by atoms with E-state index < -0.39 is 0 Å². The Hall–Kier alpha value is -1.11. The molecule has 1 saturated heterocycles. The summed E-state index contributed by atoms with van der Waals surface area (Å²) in [6.45, 7) is 4.06. The highest BCUT2D eigenvalue weighted by atomic mass is 32.2. The minimum Gasteiger partial charge on any atom is -0.379 e. The number of morpholine rings is 1. The second kappa shape index (κ2) is 7.94. The number of carbonyl (C=O) groups is 1. The summed E-state index contributed by atoms with van der Waals surface area (Å²) >= 11 is 1.56. The molecule has 1 N–H and O–H groups in total. The van der Waals surface area contributed by atoms with Crippen molar-refractivity contribution in [2.24, 2.45) is 0 Å². The molecule has 0 spiro atoms. The van der Waals surface area contributed by atoms with Crippen molar-refractivity contribution in [3.05, 3.63) is 24.4 Å². The van der Waals surface area contributed by atoms with Crippen LogP contribution >= 0.6 is 11.8 Å². The van der Waals surface area contributed by atoms with E-state index in [1.54, 1.807) is 18.0 Å². The highest BCUT2D eigenvalue weighted by Crippen LogP contribution is 2.24. The third kappa shape index (κ3) is 4.44. The lowest BCUT2D eigenvalue weighted by Gasteiger charge is -2.32. The average molecular weight is 321 g/mol. The fourth-order valence-corrected chi connectivity index (χ4v) is 3.63. The third-order valence-corrected chi connectivity index (χ3v) is 5.30. The number of nitrogens with one attached hydrogen (secondary N) is 1. The molecule has 1 aliphatic carbocycles. The molecule has 120 valence electrons. The van der Waals surface area contributed by atoms with E-state index in [-0.39, 0.29) is 11.2 Å². The van der Waals surface area contributed by atoms with Crippen LogP contribution in [0.2, 0.25) is 0 Å². The number of nitrogens with zero attached hydrogens (tertiary/aromatic N) is 2. The topological polar surface area (TPSA) is 54.5 Å². The monoisotopic (exact) mass is 321 g/mol. The van der Waals surface area contributed by atoms with Gasteiger partial charge in [-0.25, -0.2) is 4.98 Å². The largest absolute Gasteiger partial charge is 0.379 e. The van der Waals surface area contributed by atoms with Gasteiger partial charge in [0.05, 0.1) is 18.2 Å². The minimum atomic E-state index is -0.117. The number of amides is 1. The van der Waals surface area contributed by atoms with Crippen LogP contribution in [0.5, 0.6) is 0 Å². The van der Waals surface area contributed by atoms with Crippen molar-refractivity contribution in [3.8, 4) is 0 Å². The molecule has 5 nitrogen and oxygen atoms in total. The number of aromatic nitrogens is 1. The van der Waals surface area contributed by atoms with Crippen LogP contribution < -0.4 is 5.32 Å². The zero-order valence-corrected chi connectivity index (χ0v) is 13.6. The number of hydrogen-bond acceptors (Lipinski definition) is 5. The van der Waals surface area contributed by atoms with Crippen molar-refractivity contribution >= 4 is 17.7 Å². The first-order valence-electron chi connectivity index (χ1n) is 7.99. The molecule has 0 bridgehead atoms. The van der Waals surface area contributed by atoms with Crippen LogP contribution in [-0.2, 0) is 9.53 Å². The standard InChI is InChI=1S/C16H23N3O2S/c20-16(18-13-4-3-5-13)14(12-19-8-10-21-11-9-19)22-15-6-1-2-7-17-15/h1-2,6-7,13-14H,3-5,8-12H2,(H,18,20). The van der Waals surface area contributed by atoms with E-state index in [1.807, 2.05) is 18.2 Å². The van der Waals surface area contributed by atoms with Gasteiger partial charge in [0, 0.05) is 31.9 Å². The van der Waals surface area contributed by atoms with Gasteiger partial charge in [0.25, 0.3) is 0 Å². The van der Waals surface area contributed by atoms with Crippen LogP contribution in [0.25, 0.3) is 0 Å². The first-order chi connectivity index (χ1) is 10.8. The molecule has 1 aliphatic heterocycles. The summed E-state index contributed by atoms with van der Waals surface area (Å²) in [5.41, 5.74) is 0. The van der Waals surface area contributed by atoms with E-state index in [2.05, 4.69) is 15.2 Å². The molecule has 6 heteroatoms. The van der Waals surface area contributed by atoms with Gasteiger partial charge in [0.1, 0.15) is 5.25 Å². The number of ether oxygens (including phenoxy) is 1. The van der Waals surface area contributed by atoms with Gasteiger partial charge in [-0.3, -0.25) is 9.69 Å². The normalized spacial score (nSPS) is 21.1. The van der Waals surface area contributed by atoms with Crippen molar-refractivity contribution in [2.75, 3.05) is 32.8 Å². The maximum Gasteiger partial charge on any atom is 0.235 e. The van der Waals surface area contributed by atoms with Gasteiger partial charge in [-0.1, -0.05) is 17.8 Å². The van der Waals surface area contributed by atoms with Gasteiger partial charge in [0.2, 0.25) is 5.91 Å². The van der Waals surface area contributed by atoms with Gasteiger partial charge in [-0.2, -0.15) is 0 Å². The van der Waals surface area contributed by atoms with Crippen LogP contribution in [0.3, 0.4) is 0 Å². The molecule has 1 amide bonds. The van der Waals surface area contributed by atoms with E-state index in [1.165, 1.54) is 6.42 Å². The lowest BCUT2D eigenvalue weighted by atomic mass is 9.93. The van der Waals surface area contributed by atoms with Gasteiger partial charge in [-0.05, 0) is 31.4 Å². The van der Waals surface area contributed by atoms with Crippen LogP contribution in [-0.4, -0.2) is 59.9 Å². The van der Waals surface area contributed by atoms with Crippen molar-refractivity contribution in [1.29, 1.82) is 0 Å². The molecule has 1 aromatic heterocycles. The van der Waals surface area contributed by atoms with Crippen molar-refractivity contribution in [1.82, 2.24) is 15.2 Å². The molecule has 2 aliphatic rings. The molecule has 1 aromatic rings. The number of hydrogen-bond donors (Lipinski definition) is 1. The van der Waals surface area contributed by atoms with Gasteiger partial charge in [-0.15, -0.1) is 0 Å². The zero-order valence-electron chi connectivity index (χ0n) is 12.7. The highest BCUT2D eigenvalue weighted by Gasteiger charge is 2.28. The number of carbonyl (C=O) groups excluding carboxylic acids is 1. The van der Waals surface area contributed by atoms with Crippen LogP contribution in [0.15, 0.2) is 29.4 Å². The fraction of sp³-hybridized carbons (Fsp3) is 0.625. The number of thioether (sulfide) groups is 1. The van der Waals surface area contributed by atoms with E-state index >= 15 is 0 Å². The maximum absolute atomic E-state index is 12.6. The summed E-state index contributed by atoms with van der Waals surface area (Å²) in [6, 6.07) is 6.21. The van der Waals surface area contributed by atoms with Gasteiger partial charge in [0.15, 0.2) is 0 Å². The highest BCUT2D eigenvalue weighted by molar-refractivity contribution is 8.00. The summed E-state index contributed by atoms with van der Waals surface area (Å²) in [6.07, 6.45) is 5.24. The summed E-state index contributed by atoms with van der Waals surface area (Å²) in [5, 5.41) is 3.97. The van der Waals surface area contributed by atoms with Crippen molar-refractivity contribution in [2.45, 2.75) is 35.6 Å². The van der Waals surface area contributed by atoms with Crippen LogP contribution in [0.1, 0.15) is 19.3 Å². The van der Waals surface area contributed by atoms with E-state index in [0.29, 0.717) is 6.04 Å². The SMILES string of the molecule is O=C(NC1CCC1)C(CN1CCOCC1)Sc1ccccn1. The average Bonchev–Trinajstić information content (AvgIpc) is 2.52. The van der Waals surface area contributed by atoms with Gasteiger partial charge >= 0.3 is 0 Å². The predicted molar refractivity (Wildman–Crippen MR) is 86.9 cm³/mol. The molecule has 3 rings (SSSR count). The van der Waals surface area contributed by atoms with Crippen molar-refractivity contribution in [3.63, 3.8) is 0 Å². The molecule has 0 radical (unpaired) electrons. The Bertz CT molecular complexity index is 476. The number of pyridine rings is 1. The second-order valence-electron chi connectivity index (χ2n) is 5.82. The molecular formula is C16H23N3O2S. The second-order valence-corrected chi connectivity index (χ2v) is 7.05. The molecule has 2 heterocycles. The first kappa shape index (κ1) is 15.8. The summed E-state index contributed by atoms with van der Waals surface area (Å²) < 4.78 is 5.39. The smallest absolute Gasteiger partial charge is 0.235 e. The lowest BCUT2D eigenvalue weighted by molar-refractivity contribution is -0.122. The van der Waals surface area contributed by atoms with Crippen LogP contribution in [0.4, 0.5) is 0 Å². The Morgan fingerprint density at radius 3 is 2.86 bits per heavy atom. The molecule has 2 fully saturated rings. The predicted octanol–water partition coefficient (Wildman–Crippen LogP) is 1.54. The fourth-order valence-electron chi connectivity index (χ4n) is 2.60. The van der Waals surface area contributed by atoms with Gasteiger partial charge < -0.3 is 10.1 Å². The summed E-state index contributed by atoms with van der Waals surface area (Å²) in [7, 11) is 0. The Labute approximate surface area is 135 Å². The molecule has 22 heavy (non-hydrogen) atoms. The molecule has 1 atom stereocenters. The first-order valence-corrected chi connectivity index (χ1v) is 8.87. The number of rotatable bonds is 6. The maximum atomic E-state index is 12.6. The van der Waals surface area contributed by atoms with E-state index in [0.717, 1.165) is 50.7 Å². The van der Waals surface area contributed by atoms with Crippen LogP contribution in [0, 0.1) is 0 Å². The summed E-state index contributed by atoms with van der Waals surface area (Å²) in [4.78, 5) is 19.3. The molecule has 1 saturated carbocycles. The lowest BCUT2D eigenvalue weighted by Crippen LogP contribution is -2.48. The molecule has 0 aromatic carbocycles. The Kier molecular flexibility index (Phi) is 5.70. The van der Waals surface area contributed by atoms with E-state index in [4.69, 9.17) is 4.74 Å².